The molecule has 88 valence electrons. The van der Waals surface area contributed by atoms with E-state index in [1.165, 1.54) is 4.90 Å². The number of aliphatic hydroxyl groups is 1. The first kappa shape index (κ1) is 9.61. The second-order valence-electron chi connectivity index (χ2n) is 4.35. The zero-order chi connectivity index (χ0) is 12.3. The minimum absolute atomic E-state index is 0.287. The normalized spacial score (nSPS) is 23.4. The molecule has 18 heavy (non-hydrogen) atoms. The summed E-state index contributed by atoms with van der Waals surface area (Å²) in [6.45, 7) is 0. The van der Waals surface area contributed by atoms with Gasteiger partial charge in [-0.1, -0.05) is 12.1 Å². The summed E-state index contributed by atoms with van der Waals surface area (Å²) in [6, 6.07) is 10.7. The zero-order valence-corrected chi connectivity index (χ0v) is 9.29. The van der Waals surface area contributed by atoms with E-state index in [-0.39, 0.29) is 5.91 Å². The van der Waals surface area contributed by atoms with Crippen LogP contribution in [-0.4, -0.2) is 16.0 Å². The third-order valence-corrected chi connectivity index (χ3v) is 3.37. The summed E-state index contributed by atoms with van der Waals surface area (Å²) in [5, 5.41) is 13.7. The van der Waals surface area contributed by atoms with Crippen LogP contribution in [-0.2, 0) is 5.85 Å². The van der Waals surface area contributed by atoms with Crippen LogP contribution in [0.3, 0.4) is 0 Å². The second-order valence-corrected chi connectivity index (χ2v) is 4.35. The molecule has 3 heterocycles. The molecule has 2 N–H and O–H groups in total. The standard InChI is InChI=1S/C13H9N3O2/c17-12-11-8(4-3-7-14-11)13(18)15-9-5-1-2-6-10(9)16(12)13/h1-7,15,18H. The zero-order valence-electron chi connectivity index (χ0n) is 9.29. The van der Waals surface area contributed by atoms with Crippen LogP contribution in [0.1, 0.15) is 16.1 Å². The van der Waals surface area contributed by atoms with Gasteiger partial charge >= 0.3 is 0 Å². The molecule has 1 atom stereocenters. The van der Waals surface area contributed by atoms with Crippen LogP contribution in [0.15, 0.2) is 42.6 Å². The molecular weight excluding hydrogens is 230 g/mol. The van der Waals surface area contributed by atoms with Crippen molar-refractivity contribution in [3.05, 3.63) is 53.9 Å². The van der Waals surface area contributed by atoms with Gasteiger partial charge < -0.3 is 10.4 Å². The van der Waals surface area contributed by atoms with Crippen molar-refractivity contribution in [3.8, 4) is 0 Å². The lowest BCUT2D eigenvalue weighted by Gasteiger charge is -2.26. The number of nitrogens with zero attached hydrogens (tertiary/aromatic N) is 2. The number of benzene rings is 1. The van der Waals surface area contributed by atoms with E-state index in [1.807, 2.05) is 18.2 Å². The number of carbonyl (C=O) groups is 1. The first-order valence-electron chi connectivity index (χ1n) is 5.61. The van der Waals surface area contributed by atoms with Crippen LogP contribution >= 0.6 is 0 Å². The van der Waals surface area contributed by atoms with Crippen molar-refractivity contribution in [2.24, 2.45) is 0 Å². The molecule has 0 saturated heterocycles. The van der Waals surface area contributed by atoms with Crippen molar-refractivity contribution in [1.29, 1.82) is 0 Å². The summed E-state index contributed by atoms with van der Waals surface area (Å²) >= 11 is 0. The molecular formula is C13H9N3O2. The Labute approximate surface area is 103 Å². The van der Waals surface area contributed by atoms with Gasteiger partial charge in [-0.15, -0.1) is 0 Å². The van der Waals surface area contributed by atoms with E-state index in [1.54, 1.807) is 24.4 Å². The number of rotatable bonds is 0. The van der Waals surface area contributed by atoms with Crippen LogP contribution < -0.4 is 10.2 Å². The highest BCUT2D eigenvalue weighted by Crippen LogP contribution is 2.48. The Morgan fingerprint density at radius 3 is 2.94 bits per heavy atom. The van der Waals surface area contributed by atoms with Gasteiger partial charge in [0.05, 0.1) is 16.9 Å². The third kappa shape index (κ3) is 0.914. The van der Waals surface area contributed by atoms with E-state index in [0.717, 1.165) is 5.69 Å². The Bertz CT molecular complexity index is 685. The fourth-order valence-corrected chi connectivity index (χ4v) is 2.60. The molecule has 0 saturated carbocycles. The van der Waals surface area contributed by atoms with Gasteiger partial charge in [0.25, 0.3) is 11.8 Å². The van der Waals surface area contributed by atoms with E-state index >= 15 is 0 Å². The molecule has 2 aromatic rings. The van der Waals surface area contributed by atoms with Crippen LogP contribution in [0.2, 0.25) is 0 Å². The van der Waals surface area contributed by atoms with E-state index in [0.29, 0.717) is 16.9 Å². The summed E-state index contributed by atoms with van der Waals surface area (Å²) in [6.07, 6.45) is 1.55. The topological polar surface area (TPSA) is 65.5 Å². The Morgan fingerprint density at radius 1 is 1.22 bits per heavy atom. The highest BCUT2D eigenvalue weighted by atomic mass is 16.3. The summed E-state index contributed by atoms with van der Waals surface area (Å²) in [4.78, 5) is 17.7. The SMILES string of the molecule is O=C1c2ncccc2C2(O)Nc3ccccc3N12. The predicted octanol–water partition coefficient (Wildman–Crippen LogP) is 1.27. The van der Waals surface area contributed by atoms with Gasteiger partial charge in [-0.3, -0.25) is 14.7 Å². The number of para-hydroxylation sites is 2. The predicted molar refractivity (Wildman–Crippen MR) is 65.0 cm³/mol. The molecule has 2 aliphatic heterocycles. The summed E-state index contributed by atoms with van der Waals surface area (Å²) in [7, 11) is 0. The lowest BCUT2D eigenvalue weighted by molar-refractivity contribution is 0.0671. The third-order valence-electron chi connectivity index (χ3n) is 3.37. The molecule has 0 radical (unpaired) electrons. The largest absolute Gasteiger partial charge is 0.350 e. The fourth-order valence-electron chi connectivity index (χ4n) is 2.60. The van der Waals surface area contributed by atoms with E-state index in [9.17, 15) is 9.90 Å². The molecule has 4 rings (SSSR count). The highest BCUT2D eigenvalue weighted by Gasteiger charge is 2.55. The van der Waals surface area contributed by atoms with Crippen molar-refractivity contribution in [2.45, 2.75) is 5.85 Å². The number of pyridine rings is 1. The van der Waals surface area contributed by atoms with Gasteiger partial charge in [0.1, 0.15) is 5.69 Å². The quantitative estimate of drug-likeness (QED) is 0.726. The number of nitrogens with one attached hydrogen (secondary N) is 1. The van der Waals surface area contributed by atoms with Gasteiger partial charge in [0, 0.05) is 6.20 Å². The number of carbonyl (C=O) groups excluding carboxylic acids is 1. The second kappa shape index (κ2) is 2.88. The van der Waals surface area contributed by atoms with E-state index in [2.05, 4.69) is 10.3 Å². The molecule has 0 spiro atoms. The average molecular weight is 239 g/mol. The maximum Gasteiger partial charge on any atom is 0.281 e. The number of fused-ring (bicyclic) bond motifs is 5. The minimum Gasteiger partial charge on any atom is -0.350 e. The lowest BCUT2D eigenvalue weighted by atomic mass is 10.1. The maximum atomic E-state index is 12.3. The summed E-state index contributed by atoms with van der Waals surface area (Å²) in [5.41, 5.74) is 2.19. The molecule has 0 bridgehead atoms. The molecule has 1 aromatic carbocycles. The fraction of sp³-hybridized carbons (Fsp3) is 0.0769. The first-order valence-corrected chi connectivity index (χ1v) is 5.61. The van der Waals surface area contributed by atoms with Gasteiger partial charge in [-0.25, -0.2) is 0 Å². The van der Waals surface area contributed by atoms with E-state index < -0.39 is 5.85 Å². The minimum atomic E-state index is -1.51. The Kier molecular flexibility index (Phi) is 1.54. The Hall–Kier alpha value is -2.40. The van der Waals surface area contributed by atoms with Crippen molar-refractivity contribution in [2.75, 3.05) is 10.2 Å². The summed E-state index contributed by atoms with van der Waals surface area (Å²) < 4.78 is 0. The average Bonchev–Trinajstić information content (AvgIpc) is 2.81. The van der Waals surface area contributed by atoms with Crippen LogP contribution in [0.5, 0.6) is 0 Å². The van der Waals surface area contributed by atoms with Gasteiger partial charge in [-0.05, 0) is 24.3 Å². The monoisotopic (exact) mass is 239 g/mol. The first-order chi connectivity index (χ1) is 8.72. The maximum absolute atomic E-state index is 12.3. The summed E-state index contributed by atoms with van der Waals surface area (Å²) in [5.74, 6) is -1.80. The molecule has 0 fully saturated rings. The molecule has 1 amide bonds. The Morgan fingerprint density at radius 2 is 2.06 bits per heavy atom. The van der Waals surface area contributed by atoms with Gasteiger partial charge in [-0.2, -0.15) is 0 Å². The van der Waals surface area contributed by atoms with Crippen molar-refractivity contribution < 1.29 is 9.90 Å². The van der Waals surface area contributed by atoms with E-state index in [4.69, 9.17) is 0 Å². The Balaban J connectivity index is 2.01. The molecule has 5 heteroatoms. The van der Waals surface area contributed by atoms with Crippen molar-refractivity contribution in [1.82, 2.24) is 4.98 Å². The van der Waals surface area contributed by atoms with Crippen molar-refractivity contribution in [3.63, 3.8) is 0 Å². The molecule has 1 aromatic heterocycles. The molecule has 2 aliphatic rings. The lowest BCUT2D eigenvalue weighted by Crippen LogP contribution is -2.45. The number of anilines is 2. The molecule has 5 nitrogen and oxygen atoms in total. The number of hydrogen-bond donors (Lipinski definition) is 2. The molecule has 0 aliphatic carbocycles. The van der Waals surface area contributed by atoms with Crippen molar-refractivity contribution >= 4 is 17.3 Å². The number of amides is 1. The smallest absolute Gasteiger partial charge is 0.281 e. The van der Waals surface area contributed by atoms with Crippen LogP contribution in [0.4, 0.5) is 11.4 Å². The van der Waals surface area contributed by atoms with Crippen LogP contribution in [0, 0.1) is 0 Å². The highest BCUT2D eigenvalue weighted by molar-refractivity contribution is 6.14. The molecule has 1 unspecified atom stereocenters. The van der Waals surface area contributed by atoms with Crippen LogP contribution in [0.25, 0.3) is 0 Å². The number of hydrogen-bond acceptors (Lipinski definition) is 4. The number of aromatic nitrogens is 1. The van der Waals surface area contributed by atoms with Gasteiger partial charge in [0.15, 0.2) is 0 Å². The van der Waals surface area contributed by atoms with Gasteiger partial charge in [0.2, 0.25) is 0 Å².